The Bertz CT molecular complexity index is 4330. The minimum atomic E-state index is -4.51. The molecule has 0 atom stereocenters. The summed E-state index contributed by atoms with van der Waals surface area (Å²) in [5, 5.41) is 1.67. The lowest BCUT2D eigenvalue weighted by molar-refractivity contribution is -0.137. The number of nitrogens with zero attached hydrogens (tertiary/aromatic N) is 10. The summed E-state index contributed by atoms with van der Waals surface area (Å²) in [5.41, 5.74) is 9.77. The molecular formula is C70H43F3N10. The van der Waals surface area contributed by atoms with Crippen LogP contribution >= 0.6 is 0 Å². The molecule has 14 aromatic rings. The lowest BCUT2D eigenvalue weighted by Crippen LogP contribution is -2.05. The zero-order chi connectivity index (χ0) is 55.9. The first kappa shape index (κ1) is 50.1. The van der Waals surface area contributed by atoms with Gasteiger partial charge in [0.2, 0.25) is 0 Å². The van der Waals surface area contributed by atoms with E-state index >= 15 is 0 Å². The summed E-state index contributed by atoms with van der Waals surface area (Å²) in [6.45, 7) is 0. The Labute approximate surface area is 474 Å². The van der Waals surface area contributed by atoms with Gasteiger partial charge in [0.05, 0.1) is 22.3 Å². The molecule has 10 nitrogen and oxygen atoms in total. The van der Waals surface area contributed by atoms with E-state index in [2.05, 4.69) is 28.8 Å². The van der Waals surface area contributed by atoms with Crippen molar-refractivity contribution in [1.82, 2.24) is 49.4 Å². The molecule has 14 rings (SSSR count). The monoisotopic (exact) mass is 1080 g/mol. The smallest absolute Gasteiger partial charge is 0.308 e. The lowest BCUT2D eigenvalue weighted by atomic mass is 10.00. The fourth-order valence-electron chi connectivity index (χ4n) is 10.3. The van der Waals surface area contributed by atoms with Gasteiger partial charge in [0.15, 0.2) is 52.4 Å². The maximum Gasteiger partial charge on any atom is 0.416 e. The molecule has 83 heavy (non-hydrogen) atoms. The first-order chi connectivity index (χ1) is 40.7. The van der Waals surface area contributed by atoms with Gasteiger partial charge in [-0.25, -0.2) is 44.9 Å². The fourth-order valence-corrected chi connectivity index (χ4v) is 10.3. The van der Waals surface area contributed by atoms with Gasteiger partial charge >= 0.3 is 6.18 Å². The van der Waals surface area contributed by atoms with Crippen LogP contribution in [0, 0.1) is 0 Å². The Hall–Kier alpha value is -11.2. The molecule has 0 unspecified atom stereocenters. The molecule has 0 saturated carbocycles. The summed E-state index contributed by atoms with van der Waals surface area (Å²) >= 11 is 0. The van der Waals surface area contributed by atoms with Crippen molar-refractivity contribution in [3.8, 4) is 119 Å². The topological polar surface area (TPSA) is 121 Å². The molecule has 0 spiro atoms. The zero-order valence-corrected chi connectivity index (χ0v) is 43.9. The second-order valence-electron chi connectivity index (χ2n) is 19.7. The van der Waals surface area contributed by atoms with Crippen LogP contribution in [0.5, 0.6) is 0 Å². The average molecular weight is 1080 g/mol. The average Bonchev–Trinajstić information content (AvgIpc) is 2.54. The van der Waals surface area contributed by atoms with Crippen molar-refractivity contribution in [2.24, 2.45) is 0 Å². The first-order valence-electron chi connectivity index (χ1n) is 26.8. The van der Waals surface area contributed by atoms with Crippen molar-refractivity contribution >= 4 is 21.8 Å². The van der Waals surface area contributed by atoms with E-state index in [-0.39, 0.29) is 0 Å². The van der Waals surface area contributed by atoms with Gasteiger partial charge in [-0.15, -0.1) is 0 Å². The van der Waals surface area contributed by atoms with Gasteiger partial charge in [-0.1, -0.05) is 200 Å². The maximum absolute atomic E-state index is 14.0. The van der Waals surface area contributed by atoms with E-state index in [1.807, 2.05) is 212 Å². The molecule has 0 saturated heterocycles. The SMILES string of the molecule is FC(F)(F)c1ccc(-c2ccc(-c3nc(-c4ccccc4)nc(-c4ccccc4)n3)c(-n3c4ccc(-c5nc(-c6ccccc6)nc(-c6ccccc6)n5)cc4c4cc(-c5nc(-c6ccccc6)nc(-c6ccccc6)n5)ccc43)c2)cc1. The lowest BCUT2D eigenvalue weighted by Gasteiger charge is -2.17. The maximum atomic E-state index is 14.0. The zero-order valence-electron chi connectivity index (χ0n) is 43.9. The predicted molar refractivity (Wildman–Crippen MR) is 320 cm³/mol. The van der Waals surface area contributed by atoms with Crippen molar-refractivity contribution < 1.29 is 13.2 Å². The van der Waals surface area contributed by atoms with Crippen LogP contribution in [0.25, 0.3) is 141 Å². The molecule has 0 radical (unpaired) electrons. The summed E-state index contributed by atoms with van der Waals surface area (Å²) in [6.07, 6.45) is -4.51. The third kappa shape index (κ3) is 9.93. The Balaban J connectivity index is 1.05. The molecular weight excluding hydrogens is 1040 g/mol. The quantitative estimate of drug-likeness (QED) is 0.125. The van der Waals surface area contributed by atoms with Crippen molar-refractivity contribution in [1.29, 1.82) is 0 Å². The molecule has 0 bridgehead atoms. The molecule has 4 aromatic heterocycles. The van der Waals surface area contributed by atoms with Crippen LogP contribution in [0.2, 0.25) is 0 Å². The number of halogens is 3. The van der Waals surface area contributed by atoms with Crippen molar-refractivity contribution in [2.75, 3.05) is 0 Å². The molecule has 394 valence electrons. The van der Waals surface area contributed by atoms with Gasteiger partial charge in [-0.05, 0) is 71.8 Å². The van der Waals surface area contributed by atoms with Gasteiger partial charge < -0.3 is 4.57 Å². The number of fused-ring (bicyclic) bond motifs is 3. The Morgan fingerprint density at radius 2 is 0.518 bits per heavy atom. The molecule has 13 heteroatoms. The highest BCUT2D eigenvalue weighted by Gasteiger charge is 2.30. The van der Waals surface area contributed by atoms with Crippen LogP contribution in [0.1, 0.15) is 5.56 Å². The molecule has 0 N–H and O–H groups in total. The second-order valence-corrected chi connectivity index (χ2v) is 19.7. The molecule has 10 aromatic carbocycles. The summed E-state index contributed by atoms with van der Waals surface area (Å²) in [6, 6.07) is 82.2. The van der Waals surface area contributed by atoms with Gasteiger partial charge in [0, 0.05) is 60.8 Å². The first-order valence-corrected chi connectivity index (χ1v) is 26.8. The highest BCUT2D eigenvalue weighted by molar-refractivity contribution is 6.12. The molecule has 4 heterocycles. The van der Waals surface area contributed by atoms with E-state index in [1.54, 1.807) is 0 Å². The number of alkyl halides is 3. The predicted octanol–water partition coefficient (Wildman–Crippen LogP) is 17.0. The van der Waals surface area contributed by atoms with Crippen LogP contribution in [-0.4, -0.2) is 49.4 Å². The normalized spacial score (nSPS) is 11.6. The summed E-state index contributed by atoms with van der Waals surface area (Å²) in [4.78, 5) is 45.9. The Morgan fingerprint density at radius 3 is 0.831 bits per heavy atom. The highest BCUT2D eigenvalue weighted by atomic mass is 19.4. The summed E-state index contributed by atoms with van der Waals surface area (Å²) < 4.78 is 44.3. The Kier molecular flexibility index (Phi) is 12.7. The van der Waals surface area contributed by atoms with E-state index in [1.165, 1.54) is 12.1 Å². The van der Waals surface area contributed by atoms with Crippen LogP contribution in [0.15, 0.2) is 261 Å². The molecule has 0 aliphatic carbocycles. The molecule has 0 amide bonds. The largest absolute Gasteiger partial charge is 0.416 e. The van der Waals surface area contributed by atoms with E-state index < -0.39 is 11.7 Å². The van der Waals surface area contributed by atoms with Crippen molar-refractivity contribution in [3.63, 3.8) is 0 Å². The van der Waals surface area contributed by atoms with E-state index in [0.717, 1.165) is 78.4 Å². The van der Waals surface area contributed by atoms with Crippen molar-refractivity contribution in [3.05, 3.63) is 266 Å². The van der Waals surface area contributed by atoms with E-state index in [4.69, 9.17) is 44.9 Å². The van der Waals surface area contributed by atoms with Gasteiger partial charge in [0.1, 0.15) is 0 Å². The molecule has 0 aliphatic rings. The minimum Gasteiger partial charge on any atom is -0.308 e. The molecule has 0 fully saturated rings. The van der Waals surface area contributed by atoms with Crippen LogP contribution < -0.4 is 0 Å². The number of rotatable bonds is 11. The van der Waals surface area contributed by atoms with Gasteiger partial charge in [0.25, 0.3) is 0 Å². The second kappa shape index (κ2) is 21.1. The number of aromatic nitrogens is 10. The van der Waals surface area contributed by atoms with Crippen LogP contribution in [-0.2, 0) is 6.18 Å². The highest BCUT2D eigenvalue weighted by Crippen LogP contribution is 2.42. The Morgan fingerprint density at radius 1 is 0.241 bits per heavy atom. The fraction of sp³-hybridized carbons (Fsp3) is 0.0143. The third-order valence-corrected chi connectivity index (χ3v) is 14.4. The van der Waals surface area contributed by atoms with Gasteiger partial charge in [-0.2, -0.15) is 13.2 Å². The van der Waals surface area contributed by atoms with Crippen LogP contribution in [0.4, 0.5) is 13.2 Å². The number of benzene rings is 10. The van der Waals surface area contributed by atoms with Gasteiger partial charge in [-0.3, -0.25) is 0 Å². The van der Waals surface area contributed by atoms with E-state index in [0.29, 0.717) is 74.8 Å². The van der Waals surface area contributed by atoms with E-state index in [9.17, 15) is 13.2 Å². The molecule has 0 aliphatic heterocycles. The van der Waals surface area contributed by atoms with Crippen LogP contribution in [0.3, 0.4) is 0 Å². The summed E-state index contributed by atoms with van der Waals surface area (Å²) in [7, 11) is 0. The van der Waals surface area contributed by atoms with Crippen molar-refractivity contribution in [2.45, 2.75) is 6.18 Å². The minimum absolute atomic E-state index is 0.383. The number of hydrogen-bond donors (Lipinski definition) is 0. The standard InChI is InChI=1S/C70H43F3N10/c71-70(72,73)54-36-31-44(32-37-54)51-33-38-55(69-81-65(49-27-15-5-16-28-49)76-66(82-69)50-29-17-6-18-30-50)60(43-51)83-58-39-34-52(67-77-61(45-19-7-1-8-20-45)74-62(78-67)46-21-9-2-10-22-46)41-56(58)57-42-53(35-40-59(57)83)68-79-63(47-23-11-3-12-24-47)75-64(80-68)48-25-13-4-14-26-48/h1-43H. The summed E-state index contributed by atoms with van der Waals surface area (Å²) in [5.74, 6) is 4.31. The number of hydrogen-bond acceptors (Lipinski definition) is 9. The third-order valence-electron chi connectivity index (χ3n) is 14.4.